The van der Waals surface area contributed by atoms with E-state index in [1.165, 1.54) is 4.31 Å². The molecule has 0 bridgehead atoms. The van der Waals surface area contributed by atoms with Crippen LogP contribution in [0, 0.1) is 0 Å². The minimum absolute atomic E-state index is 0.0771. The predicted octanol–water partition coefficient (Wildman–Crippen LogP) is 1.29. The van der Waals surface area contributed by atoms with E-state index in [1.807, 2.05) is 6.07 Å². The van der Waals surface area contributed by atoms with Crippen LogP contribution in [-0.4, -0.2) is 42.5 Å². The molecule has 1 amide bonds. The fraction of sp³-hybridized carbons (Fsp3) is 0.600. The van der Waals surface area contributed by atoms with E-state index < -0.39 is 10.0 Å². The van der Waals surface area contributed by atoms with E-state index in [0.717, 1.165) is 37.5 Å². The molecule has 22 heavy (non-hydrogen) atoms. The van der Waals surface area contributed by atoms with E-state index in [9.17, 15) is 13.2 Å². The van der Waals surface area contributed by atoms with Crippen LogP contribution in [0.25, 0.3) is 0 Å². The van der Waals surface area contributed by atoms with Gasteiger partial charge in [-0.2, -0.15) is 4.31 Å². The molecule has 0 unspecified atom stereocenters. The molecule has 1 aliphatic rings. The fourth-order valence-corrected chi connectivity index (χ4v) is 3.46. The molecule has 1 saturated carbocycles. The summed E-state index contributed by atoms with van der Waals surface area (Å²) in [5, 5.41) is 2.98. The fourth-order valence-electron chi connectivity index (χ4n) is 2.65. The van der Waals surface area contributed by atoms with Crippen molar-refractivity contribution in [3.63, 3.8) is 0 Å². The first-order chi connectivity index (χ1) is 10.4. The van der Waals surface area contributed by atoms with Gasteiger partial charge < -0.3 is 5.32 Å². The van der Waals surface area contributed by atoms with E-state index in [-0.39, 0.29) is 31.5 Å². The van der Waals surface area contributed by atoms with Crippen molar-refractivity contribution >= 4 is 15.9 Å². The molecule has 6 nitrogen and oxygen atoms in total. The van der Waals surface area contributed by atoms with Gasteiger partial charge in [0.25, 0.3) is 0 Å². The number of nitrogens with one attached hydrogen (secondary N) is 1. The molecule has 1 fully saturated rings. The highest BCUT2D eigenvalue weighted by molar-refractivity contribution is 7.88. The number of carbonyl (C=O) groups is 1. The maximum atomic E-state index is 11.9. The third-order valence-corrected chi connectivity index (χ3v) is 5.11. The van der Waals surface area contributed by atoms with Gasteiger partial charge in [0.2, 0.25) is 15.9 Å². The molecule has 1 aromatic heterocycles. The third-order valence-electron chi connectivity index (χ3n) is 3.86. The van der Waals surface area contributed by atoms with Gasteiger partial charge in [-0.05, 0) is 24.5 Å². The van der Waals surface area contributed by atoms with Crippen LogP contribution in [0.2, 0.25) is 0 Å². The second-order valence-corrected chi connectivity index (χ2v) is 7.74. The molecule has 0 atom stereocenters. The zero-order chi connectivity index (χ0) is 16.0. The molecule has 0 aromatic carbocycles. The van der Waals surface area contributed by atoms with Crippen LogP contribution in [0.1, 0.15) is 37.7 Å². The number of hydrogen-bond donors (Lipinski definition) is 1. The van der Waals surface area contributed by atoms with Crippen LogP contribution in [0.4, 0.5) is 0 Å². The van der Waals surface area contributed by atoms with Crippen LogP contribution < -0.4 is 5.32 Å². The lowest BCUT2D eigenvalue weighted by Gasteiger charge is -2.20. The summed E-state index contributed by atoms with van der Waals surface area (Å²) >= 11 is 0. The Labute approximate surface area is 132 Å². The average Bonchev–Trinajstić information content (AvgIpc) is 2.96. The minimum Gasteiger partial charge on any atom is -0.353 e. The van der Waals surface area contributed by atoms with Crippen molar-refractivity contribution in [2.24, 2.45) is 0 Å². The predicted molar refractivity (Wildman–Crippen MR) is 84.5 cm³/mol. The molecule has 1 aromatic rings. The SMILES string of the molecule is CS(=O)(=O)N(CCC(=O)NC1CCCC1)Cc1cccnc1. The monoisotopic (exact) mass is 325 g/mol. The molecule has 1 aliphatic carbocycles. The number of pyridine rings is 1. The number of hydrogen-bond acceptors (Lipinski definition) is 4. The molecule has 1 N–H and O–H groups in total. The maximum absolute atomic E-state index is 11.9. The van der Waals surface area contributed by atoms with Crippen LogP contribution in [0.15, 0.2) is 24.5 Å². The topological polar surface area (TPSA) is 79.4 Å². The Morgan fingerprint density at radius 2 is 2.14 bits per heavy atom. The Morgan fingerprint density at radius 3 is 2.73 bits per heavy atom. The average molecular weight is 325 g/mol. The third kappa shape index (κ3) is 5.38. The zero-order valence-corrected chi connectivity index (χ0v) is 13.7. The van der Waals surface area contributed by atoms with Crippen molar-refractivity contribution in [2.45, 2.75) is 44.7 Å². The standard InChI is InChI=1S/C15H23N3O3S/c1-22(20,21)18(12-13-5-4-9-16-11-13)10-8-15(19)17-14-6-2-3-7-14/h4-5,9,11,14H,2-3,6-8,10,12H2,1H3,(H,17,19). The zero-order valence-electron chi connectivity index (χ0n) is 12.9. The Bertz CT molecular complexity index is 583. The van der Waals surface area contributed by atoms with Gasteiger partial charge in [0.15, 0.2) is 0 Å². The lowest BCUT2D eigenvalue weighted by atomic mass is 10.2. The summed E-state index contributed by atoms with van der Waals surface area (Å²) < 4.78 is 25.1. The summed E-state index contributed by atoms with van der Waals surface area (Å²) in [6.45, 7) is 0.426. The number of nitrogens with zero attached hydrogens (tertiary/aromatic N) is 2. The van der Waals surface area contributed by atoms with Gasteiger partial charge >= 0.3 is 0 Å². The first kappa shape index (κ1) is 16.9. The number of sulfonamides is 1. The van der Waals surface area contributed by atoms with Crippen molar-refractivity contribution in [1.82, 2.24) is 14.6 Å². The molecule has 122 valence electrons. The number of rotatable bonds is 7. The van der Waals surface area contributed by atoms with Crippen molar-refractivity contribution in [1.29, 1.82) is 0 Å². The van der Waals surface area contributed by atoms with Gasteiger partial charge in [0.05, 0.1) is 6.26 Å². The second kappa shape index (κ2) is 7.69. The Hall–Kier alpha value is -1.47. The number of amides is 1. The van der Waals surface area contributed by atoms with E-state index >= 15 is 0 Å². The highest BCUT2D eigenvalue weighted by atomic mass is 32.2. The molecule has 0 aliphatic heterocycles. The van der Waals surface area contributed by atoms with Gasteiger partial charge in [-0.3, -0.25) is 9.78 Å². The summed E-state index contributed by atoms with van der Waals surface area (Å²) in [5.74, 6) is -0.0771. The summed E-state index contributed by atoms with van der Waals surface area (Å²) in [6.07, 6.45) is 8.99. The van der Waals surface area contributed by atoms with E-state index in [1.54, 1.807) is 18.5 Å². The van der Waals surface area contributed by atoms with Gasteiger partial charge in [-0.15, -0.1) is 0 Å². The lowest BCUT2D eigenvalue weighted by Crippen LogP contribution is -2.37. The largest absolute Gasteiger partial charge is 0.353 e. The maximum Gasteiger partial charge on any atom is 0.221 e. The molecule has 0 radical (unpaired) electrons. The normalized spacial score (nSPS) is 16.1. The van der Waals surface area contributed by atoms with Crippen molar-refractivity contribution in [3.8, 4) is 0 Å². The van der Waals surface area contributed by atoms with Gasteiger partial charge in [0.1, 0.15) is 0 Å². The van der Waals surface area contributed by atoms with E-state index in [0.29, 0.717) is 0 Å². The summed E-state index contributed by atoms with van der Waals surface area (Å²) in [6, 6.07) is 3.85. The van der Waals surface area contributed by atoms with Crippen molar-refractivity contribution < 1.29 is 13.2 Å². The Balaban J connectivity index is 1.88. The lowest BCUT2D eigenvalue weighted by molar-refractivity contribution is -0.121. The minimum atomic E-state index is -3.36. The second-order valence-electron chi connectivity index (χ2n) is 5.76. The van der Waals surface area contributed by atoms with Crippen molar-refractivity contribution in [3.05, 3.63) is 30.1 Å². The summed E-state index contributed by atoms with van der Waals surface area (Å²) in [7, 11) is -3.36. The first-order valence-electron chi connectivity index (χ1n) is 7.58. The molecule has 0 spiro atoms. The molecular weight excluding hydrogens is 302 g/mol. The Morgan fingerprint density at radius 1 is 1.41 bits per heavy atom. The molecule has 7 heteroatoms. The van der Waals surface area contributed by atoms with Gasteiger partial charge in [-0.25, -0.2) is 8.42 Å². The van der Waals surface area contributed by atoms with Crippen LogP contribution in [0.5, 0.6) is 0 Å². The molecule has 1 heterocycles. The van der Waals surface area contributed by atoms with E-state index in [2.05, 4.69) is 10.3 Å². The first-order valence-corrected chi connectivity index (χ1v) is 9.43. The van der Waals surface area contributed by atoms with Crippen LogP contribution >= 0.6 is 0 Å². The quantitative estimate of drug-likeness (QED) is 0.819. The highest BCUT2D eigenvalue weighted by Gasteiger charge is 2.20. The number of aromatic nitrogens is 1. The summed E-state index contributed by atoms with van der Waals surface area (Å²) in [4.78, 5) is 15.9. The molecular formula is C15H23N3O3S. The van der Waals surface area contributed by atoms with Gasteiger partial charge in [-0.1, -0.05) is 18.9 Å². The Kier molecular flexibility index (Phi) is 5.90. The van der Waals surface area contributed by atoms with Crippen LogP contribution in [-0.2, 0) is 21.4 Å². The smallest absolute Gasteiger partial charge is 0.221 e. The van der Waals surface area contributed by atoms with Crippen molar-refractivity contribution in [2.75, 3.05) is 12.8 Å². The van der Waals surface area contributed by atoms with Crippen LogP contribution in [0.3, 0.4) is 0 Å². The molecule has 2 rings (SSSR count). The van der Waals surface area contributed by atoms with Gasteiger partial charge in [0, 0.05) is 37.9 Å². The van der Waals surface area contributed by atoms with E-state index in [4.69, 9.17) is 0 Å². The summed E-state index contributed by atoms with van der Waals surface area (Å²) in [5.41, 5.74) is 0.809. The molecule has 0 saturated heterocycles. The number of carbonyl (C=O) groups excluding carboxylic acids is 1. The highest BCUT2D eigenvalue weighted by Crippen LogP contribution is 2.17.